The Labute approximate surface area is 110 Å². The first-order valence-corrected chi connectivity index (χ1v) is 7.09. The zero-order chi connectivity index (χ0) is 12.4. The van der Waals surface area contributed by atoms with Gasteiger partial charge in [-0.3, -0.25) is 9.89 Å². The van der Waals surface area contributed by atoms with Crippen molar-refractivity contribution in [3.05, 3.63) is 40.3 Å². The minimum absolute atomic E-state index is 0.166. The number of hydrogen-bond acceptors (Lipinski definition) is 3. The fourth-order valence-corrected chi connectivity index (χ4v) is 3.09. The molecule has 1 N–H and O–H groups in total. The standard InChI is InChI=1S/C13H15N3OS/c17-13(11-4-8-18-9-11)16-6-2-10(3-7-16)12-1-5-14-15-12/h1,4-5,8-10H,2-3,6-7H2,(H,14,15). The Balaban J connectivity index is 1.62. The second kappa shape index (κ2) is 4.94. The summed E-state index contributed by atoms with van der Waals surface area (Å²) in [5.41, 5.74) is 2.01. The molecule has 4 nitrogen and oxygen atoms in total. The first-order chi connectivity index (χ1) is 8.84. The van der Waals surface area contributed by atoms with Gasteiger partial charge in [-0.15, -0.1) is 0 Å². The van der Waals surface area contributed by atoms with Crippen LogP contribution in [0.2, 0.25) is 0 Å². The third-order valence-corrected chi connectivity index (χ3v) is 4.20. The van der Waals surface area contributed by atoms with E-state index >= 15 is 0 Å². The fourth-order valence-electron chi connectivity index (χ4n) is 2.46. The number of piperidine rings is 1. The molecule has 1 saturated heterocycles. The van der Waals surface area contributed by atoms with Crippen LogP contribution in [0.15, 0.2) is 29.1 Å². The molecule has 3 rings (SSSR count). The Morgan fingerprint density at radius 2 is 2.22 bits per heavy atom. The van der Waals surface area contributed by atoms with Crippen molar-refractivity contribution in [2.45, 2.75) is 18.8 Å². The van der Waals surface area contributed by atoms with Gasteiger partial charge in [-0.25, -0.2) is 0 Å². The number of carbonyl (C=O) groups is 1. The van der Waals surface area contributed by atoms with Crippen LogP contribution in [0.1, 0.15) is 34.8 Å². The van der Waals surface area contributed by atoms with E-state index in [-0.39, 0.29) is 5.91 Å². The summed E-state index contributed by atoms with van der Waals surface area (Å²) in [5, 5.41) is 10.9. The van der Waals surface area contributed by atoms with Gasteiger partial charge in [0, 0.05) is 36.3 Å². The van der Waals surface area contributed by atoms with Crippen LogP contribution in [-0.2, 0) is 0 Å². The SMILES string of the molecule is O=C(c1ccsc1)N1CCC(c2ccn[nH]2)CC1. The normalized spacial score (nSPS) is 17.0. The minimum Gasteiger partial charge on any atom is -0.339 e. The number of amides is 1. The van der Waals surface area contributed by atoms with Gasteiger partial charge < -0.3 is 4.90 Å². The number of nitrogens with zero attached hydrogens (tertiary/aromatic N) is 2. The van der Waals surface area contributed by atoms with Crippen LogP contribution in [0.25, 0.3) is 0 Å². The average Bonchev–Trinajstić information content (AvgIpc) is 3.11. The van der Waals surface area contributed by atoms with E-state index in [0.29, 0.717) is 5.92 Å². The topological polar surface area (TPSA) is 49.0 Å². The Morgan fingerprint density at radius 1 is 1.39 bits per heavy atom. The van der Waals surface area contributed by atoms with Crippen molar-refractivity contribution >= 4 is 17.2 Å². The number of thiophene rings is 1. The lowest BCUT2D eigenvalue weighted by Gasteiger charge is -2.31. The number of rotatable bonds is 2. The first kappa shape index (κ1) is 11.5. The van der Waals surface area contributed by atoms with Crippen molar-refractivity contribution in [2.24, 2.45) is 0 Å². The largest absolute Gasteiger partial charge is 0.339 e. The van der Waals surface area contributed by atoms with Gasteiger partial charge in [0.25, 0.3) is 5.91 Å². The van der Waals surface area contributed by atoms with Crippen molar-refractivity contribution in [3.63, 3.8) is 0 Å². The number of hydrogen-bond donors (Lipinski definition) is 1. The third-order valence-electron chi connectivity index (χ3n) is 3.51. The zero-order valence-electron chi connectivity index (χ0n) is 10.0. The second-order valence-corrected chi connectivity index (χ2v) is 5.37. The van der Waals surface area contributed by atoms with Crippen LogP contribution in [-0.4, -0.2) is 34.1 Å². The van der Waals surface area contributed by atoms with Crippen molar-refractivity contribution in [3.8, 4) is 0 Å². The quantitative estimate of drug-likeness (QED) is 0.903. The molecule has 2 aromatic rings. The summed E-state index contributed by atoms with van der Waals surface area (Å²) >= 11 is 1.57. The lowest BCUT2D eigenvalue weighted by molar-refractivity contribution is 0.0712. The summed E-state index contributed by atoms with van der Waals surface area (Å²) in [6.07, 6.45) is 3.81. The van der Waals surface area contributed by atoms with E-state index in [1.807, 2.05) is 27.8 Å². The van der Waals surface area contributed by atoms with Crippen molar-refractivity contribution in [2.75, 3.05) is 13.1 Å². The Bertz CT molecular complexity index is 498. The molecule has 3 heterocycles. The van der Waals surface area contributed by atoms with Crippen LogP contribution in [0.4, 0.5) is 0 Å². The molecule has 1 aliphatic heterocycles. The summed E-state index contributed by atoms with van der Waals surface area (Å²) in [6.45, 7) is 1.66. The highest BCUT2D eigenvalue weighted by Gasteiger charge is 2.25. The van der Waals surface area contributed by atoms with Gasteiger partial charge >= 0.3 is 0 Å². The average molecular weight is 261 g/mol. The molecule has 2 aromatic heterocycles. The molecule has 5 heteroatoms. The maximum atomic E-state index is 12.2. The van der Waals surface area contributed by atoms with E-state index in [4.69, 9.17) is 0 Å². The van der Waals surface area contributed by atoms with E-state index in [0.717, 1.165) is 31.5 Å². The molecule has 0 saturated carbocycles. The number of aromatic nitrogens is 2. The number of aromatic amines is 1. The Kier molecular flexibility index (Phi) is 3.15. The third kappa shape index (κ3) is 2.18. The van der Waals surface area contributed by atoms with E-state index in [1.165, 1.54) is 5.69 Å². The maximum Gasteiger partial charge on any atom is 0.254 e. The lowest BCUT2D eigenvalue weighted by atomic mass is 9.93. The fraction of sp³-hybridized carbons (Fsp3) is 0.385. The van der Waals surface area contributed by atoms with Gasteiger partial charge in [0.1, 0.15) is 0 Å². The Morgan fingerprint density at radius 3 is 2.83 bits per heavy atom. The number of carbonyl (C=O) groups excluding carboxylic acids is 1. The van der Waals surface area contributed by atoms with Crippen LogP contribution >= 0.6 is 11.3 Å². The molecule has 18 heavy (non-hydrogen) atoms. The molecule has 1 amide bonds. The first-order valence-electron chi connectivity index (χ1n) is 6.15. The molecule has 1 fully saturated rings. The molecule has 0 atom stereocenters. The molecule has 0 spiro atoms. The molecule has 0 unspecified atom stereocenters. The van der Waals surface area contributed by atoms with Crippen LogP contribution in [0, 0.1) is 0 Å². The molecule has 1 aliphatic rings. The highest BCUT2D eigenvalue weighted by atomic mass is 32.1. The Hall–Kier alpha value is -1.62. The molecule has 0 aliphatic carbocycles. The van der Waals surface area contributed by atoms with Crippen LogP contribution in [0.3, 0.4) is 0 Å². The summed E-state index contributed by atoms with van der Waals surface area (Å²) in [5.74, 6) is 0.679. The smallest absolute Gasteiger partial charge is 0.254 e. The van der Waals surface area contributed by atoms with E-state index in [2.05, 4.69) is 10.2 Å². The molecular formula is C13H15N3OS. The summed E-state index contributed by atoms with van der Waals surface area (Å²) < 4.78 is 0. The summed E-state index contributed by atoms with van der Waals surface area (Å²) in [7, 11) is 0. The summed E-state index contributed by atoms with van der Waals surface area (Å²) in [4.78, 5) is 14.1. The molecule has 94 valence electrons. The molecule has 0 aromatic carbocycles. The molecule has 0 radical (unpaired) electrons. The number of likely N-dealkylation sites (tertiary alicyclic amines) is 1. The van der Waals surface area contributed by atoms with Gasteiger partial charge in [0.05, 0.1) is 5.56 Å². The highest BCUT2D eigenvalue weighted by molar-refractivity contribution is 7.08. The van der Waals surface area contributed by atoms with Gasteiger partial charge in [0.15, 0.2) is 0 Å². The lowest BCUT2D eigenvalue weighted by Crippen LogP contribution is -2.37. The highest BCUT2D eigenvalue weighted by Crippen LogP contribution is 2.27. The molecular weight excluding hydrogens is 246 g/mol. The monoisotopic (exact) mass is 261 g/mol. The van der Waals surface area contributed by atoms with E-state index < -0.39 is 0 Å². The van der Waals surface area contributed by atoms with Gasteiger partial charge in [0.2, 0.25) is 0 Å². The van der Waals surface area contributed by atoms with E-state index in [9.17, 15) is 4.79 Å². The van der Waals surface area contributed by atoms with Gasteiger partial charge in [-0.05, 0) is 30.4 Å². The predicted molar refractivity (Wildman–Crippen MR) is 70.8 cm³/mol. The predicted octanol–water partition coefficient (Wildman–Crippen LogP) is 2.49. The van der Waals surface area contributed by atoms with Crippen LogP contribution < -0.4 is 0 Å². The van der Waals surface area contributed by atoms with Crippen molar-refractivity contribution in [1.29, 1.82) is 0 Å². The summed E-state index contributed by atoms with van der Waals surface area (Å²) in [6, 6.07) is 3.93. The van der Waals surface area contributed by atoms with Gasteiger partial charge in [-0.2, -0.15) is 16.4 Å². The minimum atomic E-state index is 0.166. The second-order valence-electron chi connectivity index (χ2n) is 4.59. The van der Waals surface area contributed by atoms with E-state index in [1.54, 1.807) is 17.5 Å². The van der Waals surface area contributed by atoms with Crippen LogP contribution in [0.5, 0.6) is 0 Å². The van der Waals surface area contributed by atoms with Gasteiger partial charge in [-0.1, -0.05) is 0 Å². The zero-order valence-corrected chi connectivity index (χ0v) is 10.8. The number of H-pyrrole nitrogens is 1. The van der Waals surface area contributed by atoms with Crippen molar-refractivity contribution in [1.82, 2.24) is 15.1 Å². The maximum absolute atomic E-state index is 12.2. The number of nitrogens with one attached hydrogen (secondary N) is 1. The van der Waals surface area contributed by atoms with Crippen molar-refractivity contribution < 1.29 is 4.79 Å². The molecule has 0 bridgehead atoms.